The molecule has 32 heavy (non-hydrogen) atoms. The van der Waals surface area contributed by atoms with E-state index in [-0.39, 0.29) is 17.3 Å². The predicted octanol–water partition coefficient (Wildman–Crippen LogP) is 3.74. The quantitative estimate of drug-likeness (QED) is 0.572. The van der Waals surface area contributed by atoms with Crippen molar-refractivity contribution in [3.05, 3.63) is 84.4 Å². The van der Waals surface area contributed by atoms with Crippen molar-refractivity contribution in [2.45, 2.75) is 16.8 Å². The number of nitrogens with one attached hydrogen (secondary N) is 1. The van der Waals surface area contributed by atoms with Crippen LogP contribution in [-0.2, 0) is 21.4 Å². The molecule has 0 aliphatic carbocycles. The van der Waals surface area contributed by atoms with Crippen molar-refractivity contribution >= 4 is 27.7 Å². The van der Waals surface area contributed by atoms with Crippen LogP contribution in [0.3, 0.4) is 0 Å². The number of ether oxygens (including phenoxy) is 1. The van der Waals surface area contributed by atoms with Crippen LogP contribution in [0.15, 0.2) is 83.8 Å². The average Bonchev–Trinajstić information content (AvgIpc) is 3.34. The minimum atomic E-state index is -3.80. The first-order valence-electron chi connectivity index (χ1n) is 10.2. The molecule has 0 radical (unpaired) electrons. The van der Waals surface area contributed by atoms with Crippen LogP contribution in [0.1, 0.15) is 5.56 Å². The van der Waals surface area contributed by atoms with E-state index in [1.807, 2.05) is 54.6 Å². The third kappa shape index (κ3) is 4.67. The zero-order chi connectivity index (χ0) is 22.6. The van der Waals surface area contributed by atoms with Gasteiger partial charge in [0.1, 0.15) is 11.1 Å². The maximum absolute atomic E-state index is 13.3. The van der Waals surface area contributed by atoms with Crippen molar-refractivity contribution in [3.63, 3.8) is 0 Å². The van der Waals surface area contributed by atoms with Crippen LogP contribution in [0.2, 0.25) is 0 Å². The number of methoxy groups -OCH3 is 1. The van der Waals surface area contributed by atoms with Gasteiger partial charge in [-0.05, 0) is 29.3 Å². The monoisotopic (exact) mass is 468 g/mol. The van der Waals surface area contributed by atoms with Crippen LogP contribution >= 0.6 is 11.8 Å². The molecule has 1 N–H and O–H groups in total. The van der Waals surface area contributed by atoms with E-state index in [1.165, 1.54) is 16.1 Å². The van der Waals surface area contributed by atoms with Crippen LogP contribution in [0.25, 0.3) is 11.1 Å². The maximum Gasteiger partial charge on any atom is 0.249 e. The zero-order valence-corrected chi connectivity index (χ0v) is 19.2. The summed E-state index contributed by atoms with van der Waals surface area (Å²) >= 11 is 1.33. The number of amides is 1. The molecule has 1 aliphatic heterocycles. The number of rotatable bonds is 7. The standard InChI is InChI=1S/C24H24N2O4S2/c1-30-22-10-6-5-9-20(22)17-25-23(27)24-26(15-16-31-24)32(28,29)21-13-11-19(12-14-21)18-7-3-2-4-8-18/h2-14,24H,15-17H2,1H3,(H,25,27). The van der Waals surface area contributed by atoms with Gasteiger partial charge in [-0.2, -0.15) is 4.31 Å². The topological polar surface area (TPSA) is 75.7 Å². The van der Waals surface area contributed by atoms with Gasteiger partial charge in [-0.3, -0.25) is 4.79 Å². The van der Waals surface area contributed by atoms with Gasteiger partial charge in [0.2, 0.25) is 15.9 Å². The van der Waals surface area contributed by atoms with Crippen molar-refractivity contribution in [2.24, 2.45) is 0 Å². The van der Waals surface area contributed by atoms with E-state index in [9.17, 15) is 13.2 Å². The van der Waals surface area contributed by atoms with Gasteiger partial charge in [0.15, 0.2) is 0 Å². The second kappa shape index (κ2) is 9.77. The van der Waals surface area contributed by atoms with Gasteiger partial charge in [0, 0.05) is 24.4 Å². The molecule has 1 saturated heterocycles. The van der Waals surface area contributed by atoms with Crippen molar-refractivity contribution in [2.75, 3.05) is 19.4 Å². The van der Waals surface area contributed by atoms with E-state index in [0.717, 1.165) is 16.7 Å². The smallest absolute Gasteiger partial charge is 0.249 e. The Morgan fingerprint density at radius 2 is 1.66 bits per heavy atom. The Balaban J connectivity index is 1.48. The SMILES string of the molecule is COc1ccccc1CNC(=O)C1SCCN1S(=O)(=O)c1ccc(-c2ccccc2)cc1. The summed E-state index contributed by atoms with van der Waals surface area (Å²) in [7, 11) is -2.23. The van der Waals surface area contributed by atoms with Crippen molar-refractivity contribution in [1.29, 1.82) is 0 Å². The van der Waals surface area contributed by atoms with Gasteiger partial charge in [0.25, 0.3) is 0 Å². The molecule has 1 amide bonds. The van der Waals surface area contributed by atoms with E-state index in [2.05, 4.69) is 5.32 Å². The molecule has 0 saturated carbocycles. The molecule has 1 atom stereocenters. The molecule has 0 bridgehead atoms. The molecule has 1 unspecified atom stereocenters. The first-order chi connectivity index (χ1) is 15.5. The number of sulfonamides is 1. The number of carbonyl (C=O) groups excluding carboxylic acids is 1. The number of hydrogen-bond donors (Lipinski definition) is 1. The third-order valence-corrected chi connectivity index (χ3v) is 8.50. The second-order valence-electron chi connectivity index (χ2n) is 7.26. The van der Waals surface area contributed by atoms with Crippen LogP contribution in [0, 0.1) is 0 Å². The molecule has 3 aromatic carbocycles. The zero-order valence-electron chi connectivity index (χ0n) is 17.6. The van der Waals surface area contributed by atoms with Gasteiger partial charge in [-0.25, -0.2) is 8.42 Å². The molecule has 0 spiro atoms. The number of hydrogen-bond acceptors (Lipinski definition) is 5. The summed E-state index contributed by atoms with van der Waals surface area (Å²) in [5.74, 6) is 0.909. The molecule has 166 valence electrons. The van der Waals surface area contributed by atoms with E-state index < -0.39 is 15.4 Å². The largest absolute Gasteiger partial charge is 0.496 e. The van der Waals surface area contributed by atoms with Gasteiger partial charge in [0.05, 0.1) is 12.0 Å². The Kier molecular flexibility index (Phi) is 6.83. The first kappa shape index (κ1) is 22.4. The van der Waals surface area contributed by atoms with Crippen LogP contribution in [0.5, 0.6) is 5.75 Å². The number of para-hydroxylation sites is 1. The summed E-state index contributed by atoms with van der Waals surface area (Å²) < 4.78 is 33.2. The number of thioether (sulfide) groups is 1. The Morgan fingerprint density at radius 1 is 1.00 bits per heavy atom. The number of carbonyl (C=O) groups is 1. The highest BCUT2D eigenvalue weighted by Crippen LogP contribution is 2.31. The molecule has 6 nitrogen and oxygen atoms in total. The van der Waals surface area contributed by atoms with Crippen LogP contribution in [-0.4, -0.2) is 43.4 Å². The van der Waals surface area contributed by atoms with Gasteiger partial charge >= 0.3 is 0 Å². The Hall–Kier alpha value is -2.81. The van der Waals surface area contributed by atoms with Crippen LogP contribution < -0.4 is 10.1 Å². The molecule has 0 aromatic heterocycles. The highest BCUT2D eigenvalue weighted by Gasteiger charge is 2.40. The summed E-state index contributed by atoms with van der Waals surface area (Å²) in [6.07, 6.45) is 0. The van der Waals surface area contributed by atoms with Crippen molar-refractivity contribution in [3.8, 4) is 16.9 Å². The summed E-state index contributed by atoms with van der Waals surface area (Å²) in [4.78, 5) is 13.0. The highest BCUT2D eigenvalue weighted by atomic mass is 32.2. The lowest BCUT2D eigenvalue weighted by atomic mass is 10.1. The van der Waals surface area contributed by atoms with Gasteiger partial charge < -0.3 is 10.1 Å². The molecule has 3 aromatic rings. The molecule has 4 rings (SSSR count). The molecule has 8 heteroatoms. The van der Waals surface area contributed by atoms with E-state index >= 15 is 0 Å². The fraction of sp³-hybridized carbons (Fsp3) is 0.208. The Bertz CT molecular complexity index is 1180. The first-order valence-corrected chi connectivity index (χ1v) is 12.7. The second-order valence-corrected chi connectivity index (χ2v) is 10.3. The van der Waals surface area contributed by atoms with E-state index in [1.54, 1.807) is 31.4 Å². The number of benzene rings is 3. The molecular formula is C24H24N2O4S2. The predicted molar refractivity (Wildman–Crippen MR) is 127 cm³/mol. The maximum atomic E-state index is 13.3. The van der Waals surface area contributed by atoms with Gasteiger partial charge in [-0.1, -0.05) is 60.7 Å². The summed E-state index contributed by atoms with van der Waals surface area (Å²) in [5, 5.41) is 2.05. The summed E-state index contributed by atoms with van der Waals surface area (Å²) in [6, 6.07) is 24.0. The van der Waals surface area contributed by atoms with E-state index in [0.29, 0.717) is 18.0 Å². The lowest BCUT2D eigenvalue weighted by Crippen LogP contribution is -2.44. The highest BCUT2D eigenvalue weighted by molar-refractivity contribution is 8.02. The summed E-state index contributed by atoms with van der Waals surface area (Å²) in [5.41, 5.74) is 2.78. The van der Waals surface area contributed by atoms with Crippen molar-refractivity contribution in [1.82, 2.24) is 9.62 Å². The Morgan fingerprint density at radius 3 is 2.38 bits per heavy atom. The summed E-state index contributed by atoms with van der Waals surface area (Å²) in [6.45, 7) is 0.555. The lowest BCUT2D eigenvalue weighted by molar-refractivity contribution is -0.122. The normalized spacial score (nSPS) is 16.6. The minimum Gasteiger partial charge on any atom is -0.496 e. The van der Waals surface area contributed by atoms with Gasteiger partial charge in [-0.15, -0.1) is 11.8 Å². The van der Waals surface area contributed by atoms with Crippen LogP contribution in [0.4, 0.5) is 0 Å². The molecule has 1 heterocycles. The van der Waals surface area contributed by atoms with Crippen molar-refractivity contribution < 1.29 is 17.9 Å². The molecule has 1 aliphatic rings. The fourth-order valence-electron chi connectivity index (χ4n) is 3.61. The fourth-order valence-corrected chi connectivity index (χ4v) is 6.71. The number of nitrogens with zero attached hydrogens (tertiary/aromatic N) is 1. The van der Waals surface area contributed by atoms with E-state index in [4.69, 9.17) is 4.74 Å². The third-order valence-electron chi connectivity index (χ3n) is 5.29. The molecular weight excluding hydrogens is 444 g/mol. The average molecular weight is 469 g/mol. The Labute approximate surface area is 192 Å². The minimum absolute atomic E-state index is 0.183. The lowest BCUT2D eigenvalue weighted by Gasteiger charge is -2.23. The molecule has 1 fully saturated rings.